The molecule has 2 aromatic carbocycles. The number of fused-ring (bicyclic) bond motifs is 1. The van der Waals surface area contributed by atoms with Crippen LogP contribution in [-0.4, -0.2) is 36.4 Å². The largest absolute Gasteiger partial charge is 0.497 e. The van der Waals surface area contributed by atoms with Crippen LogP contribution >= 0.6 is 0 Å². The van der Waals surface area contributed by atoms with Gasteiger partial charge >= 0.3 is 0 Å². The molecule has 5 rings (SSSR count). The third kappa shape index (κ3) is 3.49. The van der Waals surface area contributed by atoms with E-state index in [1.165, 1.54) is 6.07 Å². The molecule has 0 spiro atoms. The lowest BCUT2D eigenvalue weighted by Crippen LogP contribution is -2.08. The molecule has 0 bridgehead atoms. The molecule has 5 aromatic rings. The lowest BCUT2D eigenvalue weighted by molar-refractivity contribution is -0.384. The number of nitro groups is 1. The van der Waals surface area contributed by atoms with Crippen molar-refractivity contribution in [2.24, 2.45) is 0 Å². The number of nitro benzene ring substituents is 1. The molecule has 0 fully saturated rings. The van der Waals surface area contributed by atoms with Crippen molar-refractivity contribution < 1.29 is 9.66 Å². The summed E-state index contributed by atoms with van der Waals surface area (Å²) < 4.78 is 8.75. The average Bonchev–Trinajstić information content (AvgIpc) is 3.40. The van der Waals surface area contributed by atoms with E-state index in [1.807, 2.05) is 50.2 Å². The Morgan fingerprint density at radius 2 is 1.79 bits per heavy atom. The van der Waals surface area contributed by atoms with Crippen LogP contribution in [0.1, 0.15) is 11.4 Å². The Morgan fingerprint density at radius 1 is 1.00 bits per heavy atom. The predicted molar refractivity (Wildman–Crippen MR) is 124 cm³/mol. The van der Waals surface area contributed by atoms with Crippen LogP contribution in [0.5, 0.6) is 5.75 Å². The molecule has 0 radical (unpaired) electrons. The second-order valence-corrected chi connectivity index (χ2v) is 7.66. The molecule has 0 aliphatic heterocycles. The predicted octanol–water partition coefficient (Wildman–Crippen LogP) is 4.78. The summed E-state index contributed by atoms with van der Waals surface area (Å²) in [7, 11) is 1.62. The monoisotopic (exact) mass is 440 g/mol. The Hall–Kier alpha value is -4.53. The van der Waals surface area contributed by atoms with Crippen molar-refractivity contribution in [2.75, 3.05) is 7.11 Å². The zero-order valence-corrected chi connectivity index (χ0v) is 18.3. The van der Waals surface area contributed by atoms with Crippen LogP contribution in [0.25, 0.3) is 33.7 Å². The number of hydrogen-bond acceptors (Lipinski definition) is 6. The van der Waals surface area contributed by atoms with Crippen molar-refractivity contribution in [1.82, 2.24) is 24.4 Å². The Balaban J connectivity index is 1.79. The van der Waals surface area contributed by atoms with Gasteiger partial charge in [0.1, 0.15) is 17.1 Å². The van der Waals surface area contributed by atoms with E-state index in [9.17, 15) is 10.1 Å². The van der Waals surface area contributed by atoms with Gasteiger partial charge in [0.2, 0.25) is 0 Å². The van der Waals surface area contributed by atoms with Crippen molar-refractivity contribution in [1.29, 1.82) is 0 Å². The lowest BCUT2D eigenvalue weighted by Gasteiger charge is -2.13. The summed E-state index contributed by atoms with van der Waals surface area (Å²) in [6.07, 6.45) is 3.48. The fourth-order valence-electron chi connectivity index (χ4n) is 3.96. The SMILES string of the molecule is COc1ccc(-c2cnn3c(-c4cccc([N+](=O)[O-])c4)c(-n4nc(C)cc4C)cnc23)cc1. The first kappa shape index (κ1) is 20.4. The van der Waals surface area contributed by atoms with Crippen molar-refractivity contribution in [3.63, 3.8) is 0 Å². The number of hydrogen-bond donors (Lipinski definition) is 0. The second-order valence-electron chi connectivity index (χ2n) is 7.66. The van der Waals surface area contributed by atoms with Gasteiger partial charge in [-0.15, -0.1) is 0 Å². The van der Waals surface area contributed by atoms with Gasteiger partial charge in [-0.3, -0.25) is 10.1 Å². The molecule has 33 heavy (non-hydrogen) atoms. The van der Waals surface area contributed by atoms with E-state index >= 15 is 0 Å². The van der Waals surface area contributed by atoms with Crippen molar-refractivity contribution in [2.45, 2.75) is 13.8 Å². The highest BCUT2D eigenvalue weighted by Gasteiger charge is 2.20. The van der Waals surface area contributed by atoms with E-state index in [0.717, 1.165) is 28.3 Å². The first-order valence-electron chi connectivity index (χ1n) is 10.3. The minimum absolute atomic E-state index is 0.000635. The van der Waals surface area contributed by atoms with Crippen molar-refractivity contribution >= 4 is 11.3 Å². The van der Waals surface area contributed by atoms with E-state index in [0.29, 0.717) is 22.6 Å². The van der Waals surface area contributed by atoms with Crippen LogP contribution < -0.4 is 4.74 Å². The highest BCUT2D eigenvalue weighted by Crippen LogP contribution is 2.33. The van der Waals surface area contributed by atoms with E-state index in [-0.39, 0.29) is 5.69 Å². The maximum absolute atomic E-state index is 11.4. The highest BCUT2D eigenvalue weighted by molar-refractivity contribution is 5.81. The molecule has 0 N–H and O–H groups in total. The summed E-state index contributed by atoms with van der Waals surface area (Å²) in [5.41, 5.74) is 6.16. The molecule has 3 aromatic heterocycles. The normalized spacial score (nSPS) is 11.1. The average molecular weight is 440 g/mol. The summed E-state index contributed by atoms with van der Waals surface area (Å²) in [6, 6.07) is 16.1. The molecule has 3 heterocycles. The quantitative estimate of drug-likeness (QED) is 0.288. The van der Waals surface area contributed by atoms with Gasteiger partial charge < -0.3 is 4.74 Å². The number of benzene rings is 2. The first-order chi connectivity index (χ1) is 16.0. The molecular formula is C24H20N6O3. The molecule has 9 heteroatoms. The fraction of sp³-hybridized carbons (Fsp3) is 0.125. The number of ether oxygens (including phenoxy) is 1. The van der Waals surface area contributed by atoms with Crippen molar-refractivity contribution in [3.8, 4) is 33.8 Å². The first-order valence-corrected chi connectivity index (χ1v) is 10.3. The summed E-state index contributed by atoms with van der Waals surface area (Å²) in [5.74, 6) is 0.757. The second kappa shape index (κ2) is 7.86. The fourth-order valence-corrected chi connectivity index (χ4v) is 3.96. The zero-order valence-electron chi connectivity index (χ0n) is 18.3. The summed E-state index contributed by atoms with van der Waals surface area (Å²) in [6.45, 7) is 3.87. The molecular weight excluding hydrogens is 420 g/mol. The van der Waals surface area contributed by atoms with Gasteiger partial charge in [0, 0.05) is 29.0 Å². The zero-order chi connectivity index (χ0) is 23.1. The third-order valence-electron chi connectivity index (χ3n) is 5.48. The standard InChI is InChI=1S/C24H20N6O3/c1-15-11-16(2)28(27-15)22-14-25-24-21(17-7-9-20(33-3)10-8-17)13-26-29(24)23(22)18-5-4-6-19(12-18)30(31)32/h4-14H,1-3H3. The minimum atomic E-state index is -0.406. The number of rotatable bonds is 5. The van der Waals surface area contributed by atoms with E-state index in [1.54, 1.807) is 40.8 Å². The lowest BCUT2D eigenvalue weighted by atomic mass is 10.1. The number of aryl methyl sites for hydroxylation is 2. The third-order valence-corrected chi connectivity index (χ3v) is 5.48. The van der Waals surface area contributed by atoms with E-state index in [4.69, 9.17) is 9.72 Å². The van der Waals surface area contributed by atoms with Crippen molar-refractivity contribution in [3.05, 3.63) is 88.5 Å². The van der Waals surface area contributed by atoms with Crippen LogP contribution in [0.3, 0.4) is 0 Å². The highest BCUT2D eigenvalue weighted by atomic mass is 16.6. The maximum atomic E-state index is 11.4. The number of nitrogens with zero attached hydrogens (tertiary/aromatic N) is 6. The van der Waals surface area contributed by atoms with Crippen LogP contribution in [0.15, 0.2) is 67.0 Å². The summed E-state index contributed by atoms with van der Waals surface area (Å²) in [4.78, 5) is 15.7. The van der Waals surface area contributed by atoms with Gasteiger partial charge in [-0.1, -0.05) is 24.3 Å². The van der Waals surface area contributed by atoms with Crippen LogP contribution in [0.2, 0.25) is 0 Å². The van der Waals surface area contributed by atoms with Gasteiger partial charge in [-0.25, -0.2) is 14.2 Å². The van der Waals surface area contributed by atoms with Gasteiger partial charge in [-0.05, 0) is 37.6 Å². The molecule has 0 saturated carbocycles. The van der Waals surface area contributed by atoms with Gasteiger partial charge in [-0.2, -0.15) is 10.2 Å². The minimum Gasteiger partial charge on any atom is -0.497 e. The molecule has 0 aliphatic rings. The topological polar surface area (TPSA) is 100 Å². The molecule has 0 amide bonds. The molecule has 0 unspecified atom stereocenters. The van der Waals surface area contributed by atoms with E-state index < -0.39 is 4.92 Å². The van der Waals surface area contributed by atoms with E-state index in [2.05, 4.69) is 10.2 Å². The van der Waals surface area contributed by atoms with Crippen LogP contribution in [0, 0.1) is 24.0 Å². The number of non-ortho nitro benzene ring substituents is 1. The number of methoxy groups -OCH3 is 1. The Morgan fingerprint density at radius 3 is 2.45 bits per heavy atom. The van der Waals surface area contributed by atoms with Gasteiger partial charge in [0.15, 0.2) is 5.65 Å². The van der Waals surface area contributed by atoms with Gasteiger partial charge in [0.05, 0.1) is 30.1 Å². The van der Waals surface area contributed by atoms with Gasteiger partial charge in [0.25, 0.3) is 5.69 Å². The van der Waals surface area contributed by atoms with Crippen LogP contribution in [-0.2, 0) is 0 Å². The maximum Gasteiger partial charge on any atom is 0.270 e. The Bertz CT molecular complexity index is 1500. The Labute approximate surface area is 189 Å². The number of aromatic nitrogens is 5. The Kier molecular flexibility index (Phi) is 4.86. The summed E-state index contributed by atoms with van der Waals surface area (Å²) in [5, 5.41) is 20.7. The molecule has 9 nitrogen and oxygen atoms in total. The smallest absolute Gasteiger partial charge is 0.270 e. The molecule has 0 atom stereocenters. The molecule has 0 aliphatic carbocycles. The van der Waals surface area contributed by atoms with Crippen LogP contribution in [0.4, 0.5) is 5.69 Å². The molecule has 0 saturated heterocycles. The molecule has 164 valence electrons. The summed E-state index contributed by atoms with van der Waals surface area (Å²) >= 11 is 0.